The van der Waals surface area contributed by atoms with Gasteiger partial charge in [-0.15, -0.1) is 0 Å². The highest BCUT2D eigenvalue weighted by atomic mass is 31.2. The fraction of sp³-hybridized carbons (Fsp3) is 0.875. The van der Waals surface area contributed by atoms with Crippen LogP contribution in [0.15, 0.2) is 5.10 Å². The summed E-state index contributed by atoms with van der Waals surface area (Å²) in [6, 6.07) is 0. The molecule has 1 heterocycles. The largest absolute Gasteiger partial charge is 0.376 e. The normalized spacial score (nSPS) is 24.8. The molecule has 8 nitrogen and oxygen atoms in total. The summed E-state index contributed by atoms with van der Waals surface area (Å²) in [5.41, 5.74) is 2.80. The van der Waals surface area contributed by atoms with Gasteiger partial charge >= 0.3 is 15.2 Å². The fourth-order valence-corrected chi connectivity index (χ4v) is 4.50. The second-order valence-electron chi connectivity index (χ2n) is 3.82. The number of hydrogen-bond acceptors (Lipinski definition) is 8. The monoisotopic (exact) mass is 300 g/mol. The standard InChI is InChI=1S/C8H18N2O6P2/c1-8(18(12,15-4)16-5)6-7(9-10-8)17(11,13-2)14-3/h10H,6H2,1-5H3. The van der Waals surface area contributed by atoms with Crippen LogP contribution in [0, 0.1) is 0 Å². The Labute approximate surface area is 106 Å². The summed E-state index contributed by atoms with van der Waals surface area (Å²) in [7, 11) is -1.79. The lowest BCUT2D eigenvalue weighted by atomic mass is 10.3. The van der Waals surface area contributed by atoms with Crippen LogP contribution in [0.25, 0.3) is 0 Å². The maximum absolute atomic E-state index is 12.4. The van der Waals surface area contributed by atoms with E-state index in [-0.39, 0.29) is 11.9 Å². The Bertz CT molecular complexity index is 423. The van der Waals surface area contributed by atoms with E-state index in [9.17, 15) is 9.13 Å². The van der Waals surface area contributed by atoms with Gasteiger partial charge in [-0.1, -0.05) is 0 Å². The minimum absolute atomic E-state index is 0.0743. The van der Waals surface area contributed by atoms with E-state index in [1.165, 1.54) is 28.4 Å². The topological polar surface area (TPSA) is 95.5 Å². The Morgan fingerprint density at radius 3 is 2.00 bits per heavy atom. The highest BCUT2D eigenvalue weighted by Crippen LogP contribution is 2.63. The lowest BCUT2D eigenvalue weighted by Gasteiger charge is -2.30. The first-order chi connectivity index (χ1) is 8.30. The summed E-state index contributed by atoms with van der Waals surface area (Å²) < 4.78 is 44.1. The predicted molar refractivity (Wildman–Crippen MR) is 66.8 cm³/mol. The summed E-state index contributed by atoms with van der Waals surface area (Å²) in [5.74, 6) is 0. The van der Waals surface area contributed by atoms with Gasteiger partial charge in [-0.05, 0) is 6.92 Å². The summed E-state index contributed by atoms with van der Waals surface area (Å²) in [4.78, 5) is 0. The Balaban J connectivity index is 3.00. The van der Waals surface area contributed by atoms with Crippen molar-refractivity contribution < 1.29 is 27.2 Å². The molecule has 0 aliphatic carbocycles. The molecule has 10 heteroatoms. The van der Waals surface area contributed by atoms with Gasteiger partial charge < -0.3 is 18.1 Å². The first-order valence-corrected chi connectivity index (χ1v) is 8.17. The average Bonchev–Trinajstić information content (AvgIpc) is 2.81. The van der Waals surface area contributed by atoms with Gasteiger partial charge in [0.25, 0.3) is 0 Å². The highest BCUT2D eigenvalue weighted by molar-refractivity contribution is 7.72. The maximum Gasteiger partial charge on any atom is 0.376 e. The van der Waals surface area contributed by atoms with Crippen molar-refractivity contribution in [1.29, 1.82) is 0 Å². The third-order valence-corrected chi connectivity index (χ3v) is 7.09. The molecule has 0 radical (unpaired) electrons. The van der Waals surface area contributed by atoms with Crippen molar-refractivity contribution in [2.45, 2.75) is 18.6 Å². The molecule has 18 heavy (non-hydrogen) atoms. The quantitative estimate of drug-likeness (QED) is 0.749. The van der Waals surface area contributed by atoms with Gasteiger partial charge in [-0.3, -0.25) is 14.6 Å². The molecule has 1 unspecified atom stereocenters. The predicted octanol–water partition coefficient (Wildman–Crippen LogP) is 1.98. The van der Waals surface area contributed by atoms with E-state index >= 15 is 0 Å². The van der Waals surface area contributed by atoms with Crippen LogP contribution in [0.1, 0.15) is 13.3 Å². The molecule has 1 N–H and O–H groups in total. The molecule has 0 bridgehead atoms. The first-order valence-electron chi connectivity index (χ1n) is 5.08. The SMILES string of the molecule is COP(=O)(OC)C1=NNC(C)(P(=O)(OC)OC)C1. The molecule has 0 saturated carbocycles. The van der Waals surface area contributed by atoms with Crippen molar-refractivity contribution in [1.82, 2.24) is 5.43 Å². The second-order valence-corrected chi connectivity index (χ2v) is 8.77. The number of rotatable bonds is 6. The van der Waals surface area contributed by atoms with Crippen molar-refractivity contribution in [3.8, 4) is 0 Å². The van der Waals surface area contributed by atoms with Crippen LogP contribution >= 0.6 is 15.2 Å². The zero-order chi connectivity index (χ0) is 14.0. The number of hydrogen-bond donors (Lipinski definition) is 1. The van der Waals surface area contributed by atoms with Crippen LogP contribution in [-0.2, 0) is 27.2 Å². The Morgan fingerprint density at radius 2 is 1.61 bits per heavy atom. The minimum atomic E-state index is -3.44. The Hall–Kier alpha value is -0.230. The third kappa shape index (κ3) is 2.41. The molecule has 1 rings (SSSR count). The zero-order valence-electron chi connectivity index (χ0n) is 11.0. The molecule has 0 aromatic rings. The zero-order valence-corrected chi connectivity index (χ0v) is 12.8. The molecule has 0 aromatic heterocycles. The molecule has 0 amide bonds. The first kappa shape index (κ1) is 15.8. The van der Waals surface area contributed by atoms with Gasteiger partial charge in [0, 0.05) is 34.9 Å². The average molecular weight is 300 g/mol. The molecule has 0 saturated heterocycles. The summed E-state index contributed by atoms with van der Waals surface area (Å²) >= 11 is 0. The number of nitrogens with one attached hydrogen (secondary N) is 1. The molecule has 1 aliphatic rings. The van der Waals surface area contributed by atoms with Crippen molar-refractivity contribution in [2.24, 2.45) is 5.10 Å². The van der Waals surface area contributed by atoms with Gasteiger partial charge in [0.15, 0.2) is 10.7 Å². The minimum Gasteiger partial charge on any atom is -0.310 e. The molecule has 0 spiro atoms. The van der Waals surface area contributed by atoms with Crippen LogP contribution in [0.2, 0.25) is 0 Å². The lowest BCUT2D eigenvalue weighted by Crippen LogP contribution is -2.36. The van der Waals surface area contributed by atoms with E-state index in [0.29, 0.717) is 0 Å². The van der Waals surface area contributed by atoms with Crippen molar-refractivity contribution in [2.75, 3.05) is 28.4 Å². The molecule has 106 valence electrons. The second kappa shape index (κ2) is 5.41. The van der Waals surface area contributed by atoms with Crippen LogP contribution in [0.5, 0.6) is 0 Å². The van der Waals surface area contributed by atoms with Gasteiger partial charge in [0.2, 0.25) is 0 Å². The molecule has 0 aromatic carbocycles. The van der Waals surface area contributed by atoms with Crippen molar-refractivity contribution in [3.63, 3.8) is 0 Å². The van der Waals surface area contributed by atoms with Crippen LogP contribution in [0.3, 0.4) is 0 Å². The smallest absolute Gasteiger partial charge is 0.310 e. The van der Waals surface area contributed by atoms with Gasteiger partial charge in [0.1, 0.15) is 0 Å². The Morgan fingerprint density at radius 1 is 1.11 bits per heavy atom. The van der Waals surface area contributed by atoms with Crippen LogP contribution in [-0.4, -0.2) is 39.2 Å². The third-order valence-electron chi connectivity index (χ3n) is 2.81. The highest BCUT2D eigenvalue weighted by Gasteiger charge is 2.53. The van der Waals surface area contributed by atoms with Gasteiger partial charge in [-0.2, -0.15) is 5.10 Å². The van der Waals surface area contributed by atoms with Crippen LogP contribution < -0.4 is 5.43 Å². The Kier molecular flexibility index (Phi) is 4.76. The fourth-order valence-electron chi connectivity index (χ4n) is 1.65. The van der Waals surface area contributed by atoms with Crippen LogP contribution in [0.4, 0.5) is 0 Å². The number of hydrazone groups is 1. The van der Waals surface area contributed by atoms with Crippen molar-refractivity contribution in [3.05, 3.63) is 0 Å². The van der Waals surface area contributed by atoms with E-state index in [1.807, 2.05) is 0 Å². The van der Waals surface area contributed by atoms with E-state index in [4.69, 9.17) is 18.1 Å². The van der Waals surface area contributed by atoms with E-state index < -0.39 is 20.5 Å². The maximum atomic E-state index is 12.4. The van der Waals surface area contributed by atoms with Gasteiger partial charge in [-0.25, -0.2) is 0 Å². The van der Waals surface area contributed by atoms with E-state index in [2.05, 4.69) is 10.5 Å². The number of nitrogens with zero attached hydrogens (tertiary/aromatic N) is 1. The summed E-state index contributed by atoms with van der Waals surface area (Å²) in [6.07, 6.45) is 0.0743. The molecular formula is C8H18N2O6P2. The molecule has 1 atom stereocenters. The molecular weight excluding hydrogens is 282 g/mol. The lowest BCUT2D eigenvalue weighted by molar-refractivity contribution is 0.241. The van der Waals surface area contributed by atoms with Crippen molar-refractivity contribution >= 4 is 20.6 Å². The van der Waals surface area contributed by atoms with E-state index in [1.54, 1.807) is 6.92 Å². The van der Waals surface area contributed by atoms with E-state index in [0.717, 1.165) is 0 Å². The molecule has 0 fully saturated rings. The summed E-state index contributed by atoms with van der Waals surface area (Å²) in [5, 5.41) is 2.79. The summed E-state index contributed by atoms with van der Waals surface area (Å²) in [6.45, 7) is 1.60. The molecule has 1 aliphatic heterocycles. The van der Waals surface area contributed by atoms with Gasteiger partial charge in [0.05, 0.1) is 0 Å².